The quantitative estimate of drug-likeness (QED) is 0.340. The lowest BCUT2D eigenvalue weighted by Gasteiger charge is -2.19. The summed E-state index contributed by atoms with van der Waals surface area (Å²) in [4.78, 5) is 28.5. The van der Waals surface area contributed by atoms with Gasteiger partial charge in [-0.2, -0.15) is 8.78 Å². The van der Waals surface area contributed by atoms with Crippen molar-refractivity contribution in [1.29, 1.82) is 0 Å². The van der Waals surface area contributed by atoms with Gasteiger partial charge in [-0.25, -0.2) is 4.79 Å². The summed E-state index contributed by atoms with van der Waals surface area (Å²) in [6.45, 7) is 7.17. The van der Waals surface area contributed by atoms with Crippen molar-refractivity contribution in [2.75, 3.05) is 6.54 Å². The average molecular weight is 442 g/mol. The molecule has 5 nitrogen and oxygen atoms in total. The normalized spacial score (nSPS) is 12.6. The second-order valence-corrected chi connectivity index (χ2v) is 8.07. The van der Waals surface area contributed by atoms with Crippen molar-refractivity contribution in [3.8, 4) is 0 Å². The van der Waals surface area contributed by atoms with Crippen LogP contribution < -0.4 is 11.0 Å². The van der Waals surface area contributed by atoms with Crippen molar-refractivity contribution in [3.05, 3.63) is 82.3 Å². The fraction of sp³-hybridized carbons (Fsp3) is 0.360. The number of fused-ring (bicyclic) bond motifs is 1. The van der Waals surface area contributed by atoms with Crippen LogP contribution in [-0.4, -0.2) is 22.0 Å². The van der Waals surface area contributed by atoms with Crippen LogP contribution in [0.5, 0.6) is 0 Å². The summed E-state index contributed by atoms with van der Waals surface area (Å²) in [5.41, 5.74) is 0.697. The van der Waals surface area contributed by atoms with Crippen LogP contribution in [0.1, 0.15) is 50.3 Å². The highest BCUT2D eigenvalue weighted by Gasteiger charge is 2.33. The highest BCUT2D eigenvalue weighted by molar-refractivity contribution is 5.84. The van der Waals surface area contributed by atoms with Gasteiger partial charge in [0.25, 0.3) is 5.92 Å². The average Bonchev–Trinajstić information content (AvgIpc) is 3.09. The number of aromatic nitrogens is 2. The van der Waals surface area contributed by atoms with Gasteiger partial charge < -0.3 is 10.3 Å². The van der Waals surface area contributed by atoms with Crippen molar-refractivity contribution in [2.45, 2.75) is 51.5 Å². The molecule has 1 heterocycles. The summed E-state index contributed by atoms with van der Waals surface area (Å²) in [5, 5.41) is 2.91. The van der Waals surface area contributed by atoms with E-state index in [1.165, 1.54) is 29.7 Å². The Hall–Kier alpha value is -3.22. The van der Waals surface area contributed by atoms with Gasteiger partial charge >= 0.3 is 5.69 Å². The number of carbonyl (C=O) groups is 1. The Kier molecular flexibility index (Phi) is 7.28. The number of rotatable bonds is 10. The van der Waals surface area contributed by atoms with Crippen LogP contribution in [-0.2, 0) is 17.1 Å². The summed E-state index contributed by atoms with van der Waals surface area (Å²) < 4.78 is 30.2. The smallest absolute Gasteiger partial charge is 0.327 e. The molecule has 0 spiro atoms. The van der Waals surface area contributed by atoms with Gasteiger partial charge in [-0.15, -0.1) is 0 Å². The van der Waals surface area contributed by atoms with Gasteiger partial charge in [-0.05, 0) is 49.5 Å². The number of amides is 1. The zero-order valence-corrected chi connectivity index (χ0v) is 18.5. The predicted molar refractivity (Wildman–Crippen MR) is 123 cm³/mol. The van der Waals surface area contributed by atoms with Crippen molar-refractivity contribution in [3.63, 3.8) is 0 Å². The SMILES string of the molecule is C=C(C)C(F)(F)c1ccc2c(c1)[nH]c(=O)n2C(CCc1ccccc1)C(=O)NCCCC. The van der Waals surface area contributed by atoms with Crippen molar-refractivity contribution >= 4 is 16.9 Å². The van der Waals surface area contributed by atoms with Gasteiger partial charge in [0.15, 0.2) is 0 Å². The van der Waals surface area contributed by atoms with Crippen molar-refractivity contribution in [2.24, 2.45) is 0 Å². The standard InChI is InChI=1S/C25H29F2N3O2/c1-4-5-15-28-23(31)22(13-11-18-9-7-6-8-10-18)30-21-14-12-19(25(26,27)17(2)3)16-20(21)29-24(30)32/h6-10,12,14,16,22H,2,4-5,11,13,15H2,1,3H3,(H,28,31)(H,29,32). The molecule has 1 amide bonds. The Labute approximate surface area is 186 Å². The number of halogens is 2. The molecule has 0 radical (unpaired) electrons. The van der Waals surface area contributed by atoms with E-state index in [2.05, 4.69) is 16.9 Å². The van der Waals surface area contributed by atoms with Gasteiger partial charge in [0.1, 0.15) is 6.04 Å². The highest BCUT2D eigenvalue weighted by atomic mass is 19.3. The molecule has 0 fully saturated rings. The Morgan fingerprint density at radius 1 is 1.22 bits per heavy atom. The Balaban J connectivity index is 1.99. The number of benzene rings is 2. The molecule has 0 saturated heterocycles. The van der Waals surface area contributed by atoms with Gasteiger partial charge in [0, 0.05) is 12.1 Å². The summed E-state index contributed by atoms with van der Waals surface area (Å²) >= 11 is 0. The van der Waals surface area contributed by atoms with E-state index in [1.54, 1.807) is 0 Å². The minimum atomic E-state index is -3.21. The molecule has 3 aromatic rings. The first-order valence-electron chi connectivity index (χ1n) is 10.9. The maximum Gasteiger partial charge on any atom is 0.327 e. The molecule has 32 heavy (non-hydrogen) atoms. The Bertz CT molecular complexity index is 1150. The molecule has 1 atom stereocenters. The molecule has 0 aliphatic heterocycles. The molecule has 1 unspecified atom stereocenters. The van der Waals surface area contributed by atoms with Gasteiger partial charge in [-0.3, -0.25) is 9.36 Å². The van der Waals surface area contributed by atoms with Crippen LogP contribution in [0.4, 0.5) is 8.78 Å². The maximum atomic E-state index is 14.4. The molecule has 2 aromatic carbocycles. The lowest BCUT2D eigenvalue weighted by atomic mass is 10.0. The number of carbonyl (C=O) groups excluding carboxylic acids is 1. The molecular weight excluding hydrogens is 412 g/mol. The Morgan fingerprint density at radius 3 is 2.59 bits per heavy atom. The summed E-state index contributed by atoms with van der Waals surface area (Å²) in [7, 11) is 0. The molecule has 0 aliphatic carbocycles. The zero-order valence-electron chi connectivity index (χ0n) is 18.5. The lowest BCUT2D eigenvalue weighted by Crippen LogP contribution is -2.37. The van der Waals surface area contributed by atoms with E-state index in [4.69, 9.17) is 0 Å². The van der Waals surface area contributed by atoms with Crippen LogP contribution in [0.25, 0.3) is 11.0 Å². The third-order valence-corrected chi connectivity index (χ3v) is 5.61. The van der Waals surface area contributed by atoms with Crippen LogP contribution in [0, 0.1) is 0 Å². The number of nitrogens with one attached hydrogen (secondary N) is 2. The second kappa shape index (κ2) is 9.94. The largest absolute Gasteiger partial charge is 0.354 e. The van der Waals surface area contributed by atoms with Gasteiger partial charge in [0.05, 0.1) is 11.0 Å². The molecule has 0 bridgehead atoms. The van der Waals surface area contributed by atoms with E-state index < -0.39 is 17.7 Å². The lowest BCUT2D eigenvalue weighted by molar-refractivity contribution is -0.124. The van der Waals surface area contributed by atoms with E-state index in [1.807, 2.05) is 37.3 Å². The fourth-order valence-electron chi connectivity index (χ4n) is 3.71. The number of hydrogen-bond donors (Lipinski definition) is 2. The van der Waals surface area contributed by atoms with Crippen LogP contribution in [0.3, 0.4) is 0 Å². The van der Waals surface area contributed by atoms with E-state index >= 15 is 0 Å². The van der Waals surface area contributed by atoms with Crippen molar-refractivity contribution in [1.82, 2.24) is 14.9 Å². The monoisotopic (exact) mass is 441 g/mol. The number of H-pyrrole nitrogens is 1. The van der Waals surface area contributed by atoms with Crippen LogP contribution in [0.2, 0.25) is 0 Å². The topological polar surface area (TPSA) is 66.9 Å². The first-order valence-corrected chi connectivity index (χ1v) is 10.9. The molecule has 1 aromatic heterocycles. The number of hydrogen-bond acceptors (Lipinski definition) is 2. The number of nitrogens with zero attached hydrogens (tertiary/aromatic N) is 1. The summed E-state index contributed by atoms with van der Waals surface area (Å²) in [5.74, 6) is -3.47. The van der Waals surface area contributed by atoms with Gasteiger partial charge in [-0.1, -0.05) is 56.3 Å². The van der Waals surface area contributed by atoms with Crippen LogP contribution >= 0.6 is 0 Å². The second-order valence-electron chi connectivity index (χ2n) is 8.07. The highest BCUT2D eigenvalue weighted by Crippen LogP contribution is 2.35. The minimum Gasteiger partial charge on any atom is -0.354 e. The van der Waals surface area contributed by atoms with E-state index in [0.717, 1.165) is 18.4 Å². The number of imidazole rings is 1. The summed E-state index contributed by atoms with van der Waals surface area (Å²) in [6, 6.07) is 12.9. The molecule has 3 rings (SSSR count). The van der Waals surface area contributed by atoms with E-state index in [0.29, 0.717) is 24.9 Å². The maximum absolute atomic E-state index is 14.4. The predicted octanol–water partition coefficient (Wildman–Crippen LogP) is 5.09. The first-order chi connectivity index (χ1) is 15.3. The molecule has 7 heteroatoms. The van der Waals surface area contributed by atoms with Crippen molar-refractivity contribution < 1.29 is 13.6 Å². The third kappa shape index (κ3) is 4.98. The zero-order chi connectivity index (χ0) is 23.3. The number of aromatic amines is 1. The molecule has 0 saturated carbocycles. The van der Waals surface area contributed by atoms with E-state index in [-0.39, 0.29) is 22.6 Å². The number of alkyl halides is 2. The van der Waals surface area contributed by atoms with Gasteiger partial charge in [0.2, 0.25) is 5.91 Å². The van der Waals surface area contributed by atoms with Crippen LogP contribution in [0.15, 0.2) is 65.5 Å². The summed E-state index contributed by atoms with van der Waals surface area (Å²) in [6.07, 6.45) is 2.76. The molecule has 170 valence electrons. The molecule has 2 N–H and O–H groups in total. The Morgan fingerprint density at radius 2 is 1.94 bits per heavy atom. The number of allylic oxidation sites excluding steroid dienone is 1. The van der Waals surface area contributed by atoms with E-state index in [9.17, 15) is 18.4 Å². The number of unbranched alkanes of at least 4 members (excludes halogenated alkanes) is 1. The molecular formula is C25H29F2N3O2. The molecule has 0 aliphatic rings. The number of aryl methyl sites for hydroxylation is 1. The minimum absolute atomic E-state index is 0.251. The first kappa shape index (κ1) is 23.4. The third-order valence-electron chi connectivity index (χ3n) is 5.61. The fourth-order valence-corrected chi connectivity index (χ4v) is 3.71.